The average Bonchev–Trinajstić information content (AvgIpc) is 2.54. The maximum atomic E-state index is 11.1. The van der Waals surface area contributed by atoms with Crippen LogP contribution in [0.25, 0.3) is 0 Å². The van der Waals surface area contributed by atoms with Crippen molar-refractivity contribution < 1.29 is 19.1 Å². The number of carbonyl (C=O) groups is 1. The third-order valence-electron chi connectivity index (χ3n) is 4.53. The van der Waals surface area contributed by atoms with Crippen LogP contribution in [-0.4, -0.2) is 37.8 Å². The van der Waals surface area contributed by atoms with E-state index in [1.54, 1.807) is 0 Å². The van der Waals surface area contributed by atoms with Gasteiger partial charge in [0.15, 0.2) is 18.3 Å². The van der Waals surface area contributed by atoms with Crippen LogP contribution >= 0.6 is 0 Å². The summed E-state index contributed by atoms with van der Waals surface area (Å²) in [7, 11) is 0. The Morgan fingerprint density at radius 1 is 1.05 bits per heavy atom. The lowest BCUT2D eigenvalue weighted by Gasteiger charge is -2.41. The fraction of sp³-hybridized carbons (Fsp3) is 0.812. The number of rotatable bonds is 1. The second kappa shape index (κ2) is 7.94. The molecular formula is C16H26N2O4. The van der Waals surface area contributed by atoms with E-state index in [0.29, 0.717) is 18.6 Å². The van der Waals surface area contributed by atoms with E-state index in [9.17, 15) is 4.79 Å². The standard InChI is InChI=1S/C16H26N2O4/c19-11-14-15-13(10-18-22-14)20-12-8-6-4-2-1-3-5-7-9-17-16(12)21-15/h11-13,16-18H,1-10H2. The third kappa shape index (κ3) is 3.80. The summed E-state index contributed by atoms with van der Waals surface area (Å²) in [5.41, 5.74) is 2.73. The van der Waals surface area contributed by atoms with Crippen LogP contribution in [0.5, 0.6) is 0 Å². The van der Waals surface area contributed by atoms with Gasteiger partial charge in [0, 0.05) is 0 Å². The number of hydrogen-bond acceptors (Lipinski definition) is 6. The molecule has 0 spiro atoms. The Labute approximate surface area is 131 Å². The zero-order valence-corrected chi connectivity index (χ0v) is 13.0. The Kier molecular flexibility index (Phi) is 5.70. The van der Waals surface area contributed by atoms with E-state index in [1.165, 1.54) is 32.1 Å². The van der Waals surface area contributed by atoms with Crippen molar-refractivity contribution in [3.05, 3.63) is 11.5 Å². The molecule has 3 rings (SSSR count). The minimum atomic E-state index is -0.232. The van der Waals surface area contributed by atoms with E-state index < -0.39 is 0 Å². The van der Waals surface area contributed by atoms with Gasteiger partial charge in [0.2, 0.25) is 5.76 Å². The Balaban J connectivity index is 1.69. The Bertz CT molecular complexity index is 413. The van der Waals surface area contributed by atoms with Crippen LogP contribution < -0.4 is 10.8 Å². The molecule has 2 saturated heterocycles. The molecule has 2 N–H and O–H groups in total. The lowest BCUT2D eigenvalue weighted by molar-refractivity contribution is -0.176. The molecular weight excluding hydrogens is 284 g/mol. The SMILES string of the molecule is O=CC1=C2OC3NCCCCCCCCCC3OC2CNO1. The molecule has 3 heterocycles. The Morgan fingerprint density at radius 3 is 2.64 bits per heavy atom. The Hall–Kier alpha value is -1.11. The predicted octanol–water partition coefficient (Wildman–Crippen LogP) is 1.77. The molecule has 0 aromatic rings. The number of carbonyl (C=O) groups excluding carboxylic acids is 1. The van der Waals surface area contributed by atoms with Crippen molar-refractivity contribution in [3.63, 3.8) is 0 Å². The molecule has 124 valence electrons. The first-order chi connectivity index (χ1) is 10.9. The highest BCUT2D eigenvalue weighted by atomic mass is 16.7. The summed E-state index contributed by atoms with van der Waals surface area (Å²) in [6.07, 6.45) is 10.0. The third-order valence-corrected chi connectivity index (χ3v) is 4.53. The molecule has 0 bridgehead atoms. The highest BCUT2D eigenvalue weighted by molar-refractivity contribution is 5.71. The monoisotopic (exact) mass is 310 g/mol. The van der Waals surface area contributed by atoms with Gasteiger partial charge in [-0.25, -0.2) is 0 Å². The number of hydroxylamine groups is 1. The molecule has 6 nitrogen and oxygen atoms in total. The smallest absolute Gasteiger partial charge is 0.227 e. The molecule has 3 atom stereocenters. The van der Waals surface area contributed by atoms with Gasteiger partial charge >= 0.3 is 0 Å². The molecule has 0 aromatic heterocycles. The quantitative estimate of drug-likeness (QED) is 0.719. The van der Waals surface area contributed by atoms with Gasteiger partial charge in [-0.1, -0.05) is 38.5 Å². The van der Waals surface area contributed by atoms with Crippen molar-refractivity contribution in [2.24, 2.45) is 0 Å². The van der Waals surface area contributed by atoms with Gasteiger partial charge in [0.05, 0.1) is 6.54 Å². The summed E-state index contributed by atoms with van der Waals surface area (Å²) in [4.78, 5) is 16.2. The zero-order valence-electron chi connectivity index (χ0n) is 13.0. The topological polar surface area (TPSA) is 68.8 Å². The molecule has 0 aliphatic carbocycles. The average molecular weight is 310 g/mol. The minimum absolute atomic E-state index is 0.0287. The van der Waals surface area contributed by atoms with Gasteiger partial charge in [0.1, 0.15) is 12.2 Å². The second-order valence-electron chi connectivity index (χ2n) is 6.22. The lowest BCUT2D eigenvalue weighted by Crippen LogP contribution is -2.54. The van der Waals surface area contributed by atoms with Crippen molar-refractivity contribution in [1.82, 2.24) is 10.8 Å². The molecule has 0 radical (unpaired) electrons. The van der Waals surface area contributed by atoms with E-state index in [2.05, 4.69) is 10.8 Å². The van der Waals surface area contributed by atoms with E-state index in [1.807, 2.05) is 0 Å². The first-order valence-corrected chi connectivity index (χ1v) is 8.53. The van der Waals surface area contributed by atoms with Gasteiger partial charge in [-0.15, -0.1) is 0 Å². The van der Waals surface area contributed by atoms with Crippen LogP contribution in [-0.2, 0) is 19.1 Å². The van der Waals surface area contributed by atoms with Crippen molar-refractivity contribution in [2.45, 2.75) is 69.8 Å². The van der Waals surface area contributed by atoms with Gasteiger partial charge in [0.25, 0.3) is 0 Å². The highest BCUT2D eigenvalue weighted by Crippen LogP contribution is 2.29. The highest BCUT2D eigenvalue weighted by Gasteiger charge is 2.39. The van der Waals surface area contributed by atoms with Crippen molar-refractivity contribution in [3.8, 4) is 0 Å². The van der Waals surface area contributed by atoms with E-state index >= 15 is 0 Å². The fourth-order valence-corrected chi connectivity index (χ4v) is 3.31. The normalized spacial score (nSPS) is 34.1. The van der Waals surface area contributed by atoms with E-state index in [4.69, 9.17) is 14.3 Å². The minimum Gasteiger partial charge on any atom is -0.470 e. The zero-order chi connectivity index (χ0) is 15.2. The van der Waals surface area contributed by atoms with Crippen LogP contribution in [0.1, 0.15) is 51.4 Å². The molecule has 0 saturated carbocycles. The fourth-order valence-electron chi connectivity index (χ4n) is 3.31. The maximum absolute atomic E-state index is 11.1. The number of allylic oxidation sites excluding steroid dienone is 1. The number of ether oxygens (including phenoxy) is 2. The van der Waals surface area contributed by atoms with Crippen LogP contribution in [0.15, 0.2) is 11.5 Å². The molecule has 3 aliphatic heterocycles. The molecule has 2 fully saturated rings. The number of nitrogens with one attached hydrogen (secondary N) is 2. The number of fused-ring (bicyclic) bond motifs is 2. The van der Waals surface area contributed by atoms with Gasteiger partial charge in [-0.3, -0.25) is 10.1 Å². The largest absolute Gasteiger partial charge is 0.470 e. The Morgan fingerprint density at radius 2 is 1.82 bits per heavy atom. The number of hydrogen-bond donors (Lipinski definition) is 2. The summed E-state index contributed by atoms with van der Waals surface area (Å²) in [5.74, 6) is 0.720. The molecule has 6 heteroatoms. The summed E-state index contributed by atoms with van der Waals surface area (Å²) in [6.45, 7) is 1.42. The first kappa shape index (κ1) is 15.8. The van der Waals surface area contributed by atoms with Crippen LogP contribution in [0.2, 0.25) is 0 Å². The van der Waals surface area contributed by atoms with Crippen molar-refractivity contribution >= 4 is 6.29 Å². The lowest BCUT2D eigenvalue weighted by atomic mass is 10.0. The molecule has 3 unspecified atom stereocenters. The summed E-state index contributed by atoms with van der Waals surface area (Å²) >= 11 is 0. The maximum Gasteiger partial charge on any atom is 0.227 e. The molecule has 0 amide bonds. The summed E-state index contributed by atoms with van der Waals surface area (Å²) in [5, 5.41) is 3.44. The van der Waals surface area contributed by atoms with Gasteiger partial charge < -0.3 is 14.3 Å². The molecule has 3 aliphatic rings. The van der Waals surface area contributed by atoms with E-state index in [-0.39, 0.29) is 24.2 Å². The predicted molar refractivity (Wildman–Crippen MR) is 80.7 cm³/mol. The van der Waals surface area contributed by atoms with Crippen LogP contribution in [0, 0.1) is 0 Å². The first-order valence-electron chi connectivity index (χ1n) is 8.53. The van der Waals surface area contributed by atoms with Gasteiger partial charge in [-0.2, -0.15) is 5.48 Å². The summed E-state index contributed by atoms with van der Waals surface area (Å²) in [6, 6.07) is 0. The van der Waals surface area contributed by atoms with E-state index in [0.717, 1.165) is 25.8 Å². The molecule has 22 heavy (non-hydrogen) atoms. The van der Waals surface area contributed by atoms with Crippen molar-refractivity contribution in [2.75, 3.05) is 13.1 Å². The van der Waals surface area contributed by atoms with Crippen LogP contribution in [0.4, 0.5) is 0 Å². The van der Waals surface area contributed by atoms with Gasteiger partial charge in [-0.05, 0) is 19.4 Å². The number of aldehydes is 1. The van der Waals surface area contributed by atoms with Crippen LogP contribution in [0.3, 0.4) is 0 Å². The summed E-state index contributed by atoms with van der Waals surface area (Å²) < 4.78 is 12.2. The molecule has 0 aromatic carbocycles. The second-order valence-corrected chi connectivity index (χ2v) is 6.22. The van der Waals surface area contributed by atoms with Crippen molar-refractivity contribution in [1.29, 1.82) is 0 Å².